The first-order chi connectivity index (χ1) is 8.13. The summed E-state index contributed by atoms with van der Waals surface area (Å²) in [6.45, 7) is 2.72. The molecule has 5 heteroatoms. The van der Waals surface area contributed by atoms with Crippen molar-refractivity contribution < 1.29 is 19.4 Å². The van der Waals surface area contributed by atoms with Crippen LogP contribution in [0.15, 0.2) is 24.3 Å². The van der Waals surface area contributed by atoms with E-state index in [1.807, 2.05) is 6.92 Å². The second-order valence-corrected chi connectivity index (χ2v) is 3.77. The molecule has 1 atom stereocenters. The van der Waals surface area contributed by atoms with E-state index in [-0.39, 0.29) is 12.5 Å². The summed E-state index contributed by atoms with van der Waals surface area (Å²) in [4.78, 5) is 23.6. The molecule has 0 spiro atoms. The van der Waals surface area contributed by atoms with E-state index in [1.165, 1.54) is 4.90 Å². The molecule has 90 valence electrons. The summed E-state index contributed by atoms with van der Waals surface area (Å²) in [5.41, 5.74) is 0.705. The van der Waals surface area contributed by atoms with Crippen LogP contribution in [-0.4, -0.2) is 30.1 Å². The largest absolute Gasteiger partial charge is 0.494 e. The number of amides is 1. The molecule has 0 aliphatic carbocycles. The molecule has 1 aliphatic rings. The van der Waals surface area contributed by atoms with Gasteiger partial charge in [0.2, 0.25) is 5.91 Å². The lowest BCUT2D eigenvalue weighted by atomic mass is 9.98. The lowest BCUT2D eigenvalue weighted by Crippen LogP contribution is -2.56. The van der Waals surface area contributed by atoms with Crippen molar-refractivity contribution in [1.82, 2.24) is 0 Å². The average Bonchev–Trinajstić information content (AvgIpc) is 2.29. The highest BCUT2D eigenvalue weighted by atomic mass is 16.5. The van der Waals surface area contributed by atoms with Crippen LogP contribution in [0.1, 0.15) is 6.92 Å². The van der Waals surface area contributed by atoms with Crippen molar-refractivity contribution in [3.05, 3.63) is 24.3 Å². The van der Waals surface area contributed by atoms with Gasteiger partial charge in [0.05, 0.1) is 6.61 Å². The van der Waals surface area contributed by atoms with Gasteiger partial charge in [0.15, 0.2) is 5.92 Å². The van der Waals surface area contributed by atoms with Gasteiger partial charge >= 0.3 is 5.97 Å². The number of carbonyl (C=O) groups excluding carboxylic acids is 1. The SMILES string of the molecule is CCOc1ccc(N2CC(C(=O)O)C2=O)cc1. The molecular weight excluding hydrogens is 222 g/mol. The Bertz CT molecular complexity index is 440. The number of benzene rings is 1. The van der Waals surface area contributed by atoms with Gasteiger partial charge in [0.25, 0.3) is 0 Å². The predicted molar refractivity (Wildman–Crippen MR) is 61.1 cm³/mol. The van der Waals surface area contributed by atoms with Crippen molar-refractivity contribution in [3.63, 3.8) is 0 Å². The van der Waals surface area contributed by atoms with Gasteiger partial charge in [-0.1, -0.05) is 0 Å². The number of nitrogens with zero attached hydrogens (tertiary/aromatic N) is 1. The molecule has 5 nitrogen and oxygen atoms in total. The number of ether oxygens (including phenoxy) is 1. The number of hydrogen-bond acceptors (Lipinski definition) is 3. The normalized spacial score (nSPS) is 18.8. The molecule has 1 aliphatic heterocycles. The Morgan fingerprint density at radius 2 is 2.12 bits per heavy atom. The van der Waals surface area contributed by atoms with Crippen molar-refractivity contribution in [3.8, 4) is 5.75 Å². The highest BCUT2D eigenvalue weighted by molar-refractivity contribution is 6.12. The molecule has 1 heterocycles. The summed E-state index contributed by atoms with van der Waals surface area (Å²) in [5.74, 6) is -1.57. The zero-order valence-electron chi connectivity index (χ0n) is 9.42. The zero-order valence-corrected chi connectivity index (χ0v) is 9.42. The number of anilines is 1. The minimum Gasteiger partial charge on any atom is -0.494 e. The minimum absolute atomic E-state index is 0.238. The molecule has 0 saturated carbocycles. The van der Waals surface area contributed by atoms with Gasteiger partial charge < -0.3 is 14.7 Å². The number of aliphatic carboxylic acids is 1. The number of carbonyl (C=O) groups is 2. The van der Waals surface area contributed by atoms with Crippen LogP contribution in [0.5, 0.6) is 5.75 Å². The van der Waals surface area contributed by atoms with Crippen LogP contribution < -0.4 is 9.64 Å². The molecular formula is C12H13NO4. The number of carboxylic acid groups (broad SMARTS) is 1. The van der Waals surface area contributed by atoms with Gasteiger partial charge in [-0.3, -0.25) is 9.59 Å². The third-order valence-corrected chi connectivity index (χ3v) is 2.69. The summed E-state index contributed by atoms with van der Waals surface area (Å²) < 4.78 is 5.28. The fourth-order valence-corrected chi connectivity index (χ4v) is 1.73. The Morgan fingerprint density at radius 3 is 2.59 bits per heavy atom. The summed E-state index contributed by atoms with van der Waals surface area (Å²) in [6, 6.07) is 7.03. The fraction of sp³-hybridized carbons (Fsp3) is 0.333. The molecule has 0 aromatic heterocycles. The highest BCUT2D eigenvalue weighted by Gasteiger charge is 2.42. The molecule has 1 amide bonds. The quantitative estimate of drug-likeness (QED) is 0.627. The Balaban J connectivity index is 2.05. The minimum atomic E-state index is -1.06. The van der Waals surface area contributed by atoms with E-state index < -0.39 is 11.9 Å². The standard InChI is InChI=1S/C12H13NO4/c1-2-17-9-5-3-8(4-6-9)13-7-10(11(13)14)12(15)16/h3-6,10H,2,7H2,1H3,(H,15,16). The van der Waals surface area contributed by atoms with Gasteiger partial charge in [-0.25, -0.2) is 0 Å². The summed E-state index contributed by atoms with van der Waals surface area (Å²) in [7, 11) is 0. The molecule has 17 heavy (non-hydrogen) atoms. The first-order valence-electron chi connectivity index (χ1n) is 5.40. The van der Waals surface area contributed by atoms with Crippen molar-refractivity contribution in [2.75, 3.05) is 18.1 Å². The molecule has 2 rings (SSSR count). The van der Waals surface area contributed by atoms with E-state index in [4.69, 9.17) is 9.84 Å². The van der Waals surface area contributed by atoms with Crippen LogP contribution >= 0.6 is 0 Å². The maximum absolute atomic E-state index is 11.5. The molecule has 1 saturated heterocycles. The maximum atomic E-state index is 11.5. The van der Waals surface area contributed by atoms with Crippen LogP contribution in [0.4, 0.5) is 5.69 Å². The second-order valence-electron chi connectivity index (χ2n) is 3.77. The van der Waals surface area contributed by atoms with E-state index >= 15 is 0 Å². The van der Waals surface area contributed by atoms with E-state index in [1.54, 1.807) is 24.3 Å². The third kappa shape index (κ3) is 2.08. The predicted octanol–water partition coefficient (Wildman–Crippen LogP) is 1.13. The summed E-state index contributed by atoms with van der Waals surface area (Å²) in [6.07, 6.45) is 0. The molecule has 1 fully saturated rings. The Hall–Kier alpha value is -2.04. The smallest absolute Gasteiger partial charge is 0.317 e. The topological polar surface area (TPSA) is 66.8 Å². The fourth-order valence-electron chi connectivity index (χ4n) is 1.73. The Morgan fingerprint density at radius 1 is 1.47 bits per heavy atom. The van der Waals surface area contributed by atoms with Crippen LogP contribution in [0.25, 0.3) is 0 Å². The van der Waals surface area contributed by atoms with Crippen LogP contribution in [0.3, 0.4) is 0 Å². The molecule has 1 unspecified atom stereocenters. The number of β-lactam (4-membered cyclic amide) rings is 1. The lowest BCUT2D eigenvalue weighted by Gasteiger charge is -2.35. The van der Waals surface area contributed by atoms with Gasteiger partial charge in [0, 0.05) is 12.2 Å². The summed E-state index contributed by atoms with van der Waals surface area (Å²) in [5, 5.41) is 8.71. The first-order valence-corrected chi connectivity index (χ1v) is 5.40. The number of carboxylic acids is 1. The molecule has 1 aromatic carbocycles. The second kappa shape index (κ2) is 4.45. The van der Waals surface area contributed by atoms with E-state index in [0.717, 1.165) is 5.75 Å². The molecule has 0 bridgehead atoms. The van der Waals surface area contributed by atoms with Gasteiger partial charge in [-0.05, 0) is 31.2 Å². The molecule has 1 aromatic rings. The van der Waals surface area contributed by atoms with Crippen molar-refractivity contribution in [1.29, 1.82) is 0 Å². The highest BCUT2D eigenvalue weighted by Crippen LogP contribution is 2.27. The maximum Gasteiger partial charge on any atom is 0.317 e. The van der Waals surface area contributed by atoms with E-state index in [0.29, 0.717) is 12.3 Å². The average molecular weight is 235 g/mol. The first kappa shape index (κ1) is 11.4. The summed E-state index contributed by atoms with van der Waals surface area (Å²) >= 11 is 0. The van der Waals surface area contributed by atoms with Gasteiger partial charge in [0.1, 0.15) is 5.75 Å². The van der Waals surface area contributed by atoms with Gasteiger partial charge in [-0.2, -0.15) is 0 Å². The Kier molecular flexibility index (Phi) is 2.99. The van der Waals surface area contributed by atoms with Gasteiger partial charge in [-0.15, -0.1) is 0 Å². The molecule has 1 N–H and O–H groups in total. The lowest BCUT2D eigenvalue weighted by molar-refractivity contribution is -0.149. The monoisotopic (exact) mass is 235 g/mol. The van der Waals surface area contributed by atoms with Crippen LogP contribution in [0.2, 0.25) is 0 Å². The number of hydrogen-bond donors (Lipinski definition) is 1. The molecule has 0 radical (unpaired) electrons. The van der Waals surface area contributed by atoms with E-state index in [2.05, 4.69) is 0 Å². The zero-order chi connectivity index (χ0) is 12.4. The van der Waals surface area contributed by atoms with Crippen LogP contribution in [0, 0.1) is 5.92 Å². The number of rotatable bonds is 4. The van der Waals surface area contributed by atoms with Crippen molar-refractivity contribution in [2.45, 2.75) is 6.92 Å². The third-order valence-electron chi connectivity index (χ3n) is 2.69. The Labute approximate surface area is 98.6 Å². The van der Waals surface area contributed by atoms with E-state index in [9.17, 15) is 9.59 Å². The van der Waals surface area contributed by atoms with Crippen LogP contribution in [-0.2, 0) is 9.59 Å². The van der Waals surface area contributed by atoms with Crippen molar-refractivity contribution in [2.24, 2.45) is 5.92 Å². The van der Waals surface area contributed by atoms with Crippen molar-refractivity contribution >= 4 is 17.6 Å².